The van der Waals surface area contributed by atoms with E-state index in [1.165, 1.54) is 28.6 Å². The van der Waals surface area contributed by atoms with Crippen LogP contribution in [0.5, 0.6) is 5.75 Å². The maximum atomic E-state index is 13.9. The van der Waals surface area contributed by atoms with Gasteiger partial charge in [0, 0.05) is 51.5 Å². The summed E-state index contributed by atoms with van der Waals surface area (Å²) >= 11 is 0. The first-order valence-corrected chi connectivity index (χ1v) is 15.9. The Morgan fingerprint density at radius 2 is 1.25 bits per heavy atom. The Morgan fingerprint density at radius 3 is 1.80 bits per heavy atom. The summed E-state index contributed by atoms with van der Waals surface area (Å²) in [6, 6.07) is 22.4. The highest BCUT2D eigenvalue weighted by Crippen LogP contribution is 2.27. The molecule has 0 N–H and O–H groups in total. The van der Waals surface area contributed by atoms with Crippen LogP contribution in [0.4, 0.5) is 5.69 Å². The number of methoxy groups -OCH3 is 1. The Hall–Kier alpha value is -3.45. The molecule has 3 aromatic rings. The van der Waals surface area contributed by atoms with Gasteiger partial charge in [-0.2, -0.15) is 8.61 Å². The molecule has 1 atom stereocenters. The lowest BCUT2D eigenvalue weighted by Gasteiger charge is -2.43. The molecule has 0 spiro atoms. The van der Waals surface area contributed by atoms with Crippen LogP contribution in [0.1, 0.15) is 0 Å². The Kier molecular flexibility index (Phi) is 8.13. The maximum absolute atomic E-state index is 13.9. The fourth-order valence-corrected chi connectivity index (χ4v) is 8.15. The van der Waals surface area contributed by atoms with Gasteiger partial charge >= 0.3 is 0 Å². The average molecular weight is 585 g/mol. The molecule has 2 saturated heterocycles. The van der Waals surface area contributed by atoms with Gasteiger partial charge in [-0.05, 0) is 48.5 Å². The minimum atomic E-state index is -4.05. The van der Waals surface area contributed by atoms with Crippen molar-refractivity contribution in [1.29, 1.82) is 0 Å². The zero-order chi connectivity index (χ0) is 28.3. The Bertz CT molecular complexity index is 1530. The van der Waals surface area contributed by atoms with Gasteiger partial charge in [-0.15, -0.1) is 0 Å². The second kappa shape index (κ2) is 11.6. The summed E-state index contributed by atoms with van der Waals surface area (Å²) in [6.07, 6.45) is 0. The lowest BCUT2D eigenvalue weighted by atomic mass is 10.1. The lowest BCUT2D eigenvalue weighted by Crippen LogP contribution is -2.63. The molecule has 2 heterocycles. The van der Waals surface area contributed by atoms with Gasteiger partial charge in [0.1, 0.15) is 11.8 Å². The van der Waals surface area contributed by atoms with Crippen molar-refractivity contribution in [1.82, 2.24) is 13.5 Å². The number of ether oxygens (including phenoxy) is 1. The summed E-state index contributed by atoms with van der Waals surface area (Å²) in [7, 11) is -6.36. The maximum Gasteiger partial charge on any atom is 0.243 e. The highest BCUT2D eigenvalue weighted by atomic mass is 32.2. The van der Waals surface area contributed by atoms with Crippen molar-refractivity contribution in [2.24, 2.45) is 0 Å². The molecule has 2 fully saturated rings. The molecule has 12 heteroatoms. The zero-order valence-corrected chi connectivity index (χ0v) is 23.8. The van der Waals surface area contributed by atoms with E-state index in [0.717, 1.165) is 15.7 Å². The number of carbonyl (C=O) groups is 1. The van der Waals surface area contributed by atoms with E-state index in [1.54, 1.807) is 48.4 Å². The second-order valence-corrected chi connectivity index (χ2v) is 13.5. The number of sulfonamides is 2. The predicted molar refractivity (Wildman–Crippen MR) is 151 cm³/mol. The number of amides is 1. The highest BCUT2D eigenvalue weighted by Gasteiger charge is 2.45. The van der Waals surface area contributed by atoms with Crippen LogP contribution in [0.2, 0.25) is 0 Å². The largest absolute Gasteiger partial charge is 0.497 e. The van der Waals surface area contributed by atoms with Crippen molar-refractivity contribution in [3.8, 4) is 5.75 Å². The van der Waals surface area contributed by atoms with E-state index in [1.807, 2.05) is 24.3 Å². The van der Waals surface area contributed by atoms with E-state index in [2.05, 4.69) is 4.90 Å². The summed E-state index contributed by atoms with van der Waals surface area (Å²) in [6.45, 7) is 1.42. The molecule has 5 rings (SSSR count). The van der Waals surface area contributed by atoms with E-state index in [0.29, 0.717) is 26.2 Å². The standard InChI is InChI=1S/C28H32N4O6S2/c1-38-24-14-12-23(13-15-24)29-16-18-30(19-17-29)28(33)27-22-31(39(34,35)25-8-4-2-5-9-25)20-21-32(27)40(36,37)26-10-6-3-7-11-26/h2-15,27H,16-22H2,1H3/t27-/m0/s1. The summed E-state index contributed by atoms with van der Waals surface area (Å²) in [5.41, 5.74) is 0.999. The third kappa shape index (κ3) is 5.57. The van der Waals surface area contributed by atoms with Crippen LogP contribution >= 0.6 is 0 Å². The molecule has 3 aromatic carbocycles. The van der Waals surface area contributed by atoms with Gasteiger partial charge in [-0.3, -0.25) is 4.79 Å². The Balaban J connectivity index is 1.39. The molecule has 2 aliphatic heterocycles. The topological polar surface area (TPSA) is 108 Å². The minimum Gasteiger partial charge on any atom is -0.497 e. The van der Waals surface area contributed by atoms with Gasteiger partial charge in [-0.25, -0.2) is 16.8 Å². The average Bonchev–Trinajstić information content (AvgIpc) is 3.01. The first-order valence-electron chi connectivity index (χ1n) is 13.0. The van der Waals surface area contributed by atoms with Crippen molar-refractivity contribution in [3.05, 3.63) is 84.9 Å². The van der Waals surface area contributed by atoms with Crippen molar-refractivity contribution in [2.45, 2.75) is 15.8 Å². The second-order valence-electron chi connectivity index (χ2n) is 9.63. The Labute approximate surface area is 235 Å². The van der Waals surface area contributed by atoms with Crippen molar-refractivity contribution < 1.29 is 26.4 Å². The summed E-state index contributed by atoms with van der Waals surface area (Å²) in [4.78, 5) is 17.9. The predicted octanol–water partition coefficient (Wildman–Crippen LogP) is 2.11. The van der Waals surface area contributed by atoms with Crippen LogP contribution in [0.15, 0.2) is 94.7 Å². The molecule has 0 aromatic heterocycles. The molecule has 0 radical (unpaired) electrons. The van der Waals surface area contributed by atoms with Gasteiger partial charge in [0.15, 0.2) is 0 Å². The molecule has 0 unspecified atom stereocenters. The van der Waals surface area contributed by atoms with Crippen molar-refractivity contribution >= 4 is 31.6 Å². The fourth-order valence-electron chi connectivity index (χ4n) is 5.11. The summed E-state index contributed by atoms with van der Waals surface area (Å²) < 4.78 is 61.8. The number of rotatable bonds is 7. The Morgan fingerprint density at radius 1 is 0.700 bits per heavy atom. The highest BCUT2D eigenvalue weighted by molar-refractivity contribution is 7.89. The van der Waals surface area contributed by atoms with E-state index in [-0.39, 0.29) is 29.4 Å². The molecule has 0 aliphatic carbocycles. The molecule has 212 valence electrons. The van der Waals surface area contributed by atoms with E-state index in [4.69, 9.17) is 4.74 Å². The monoisotopic (exact) mass is 584 g/mol. The lowest BCUT2D eigenvalue weighted by molar-refractivity contribution is -0.136. The summed E-state index contributed by atoms with van der Waals surface area (Å²) in [5.74, 6) is 0.353. The van der Waals surface area contributed by atoms with Gasteiger partial charge in [-0.1, -0.05) is 36.4 Å². The normalized spacial score (nSPS) is 19.4. The third-order valence-electron chi connectivity index (χ3n) is 7.34. The van der Waals surface area contributed by atoms with Crippen LogP contribution in [-0.4, -0.2) is 95.2 Å². The quantitative estimate of drug-likeness (QED) is 0.419. The van der Waals surface area contributed by atoms with Gasteiger partial charge < -0.3 is 14.5 Å². The zero-order valence-electron chi connectivity index (χ0n) is 22.2. The number of piperazine rings is 2. The summed E-state index contributed by atoms with van der Waals surface area (Å²) in [5, 5.41) is 0. The molecular formula is C28H32N4O6S2. The molecular weight excluding hydrogens is 552 g/mol. The molecule has 10 nitrogen and oxygen atoms in total. The van der Waals surface area contributed by atoms with Gasteiger partial charge in [0.2, 0.25) is 26.0 Å². The number of hydrogen-bond donors (Lipinski definition) is 0. The number of hydrogen-bond acceptors (Lipinski definition) is 7. The molecule has 40 heavy (non-hydrogen) atoms. The van der Waals surface area contributed by atoms with Crippen LogP contribution in [0, 0.1) is 0 Å². The number of nitrogens with zero attached hydrogens (tertiary/aromatic N) is 4. The SMILES string of the molecule is COc1ccc(N2CCN(C(=O)[C@@H]3CN(S(=O)(=O)c4ccccc4)CCN3S(=O)(=O)c3ccccc3)CC2)cc1. The van der Waals surface area contributed by atoms with Crippen LogP contribution < -0.4 is 9.64 Å². The molecule has 2 aliphatic rings. The molecule has 1 amide bonds. The third-order valence-corrected chi connectivity index (χ3v) is 11.1. The van der Waals surface area contributed by atoms with Crippen molar-refractivity contribution in [3.63, 3.8) is 0 Å². The van der Waals surface area contributed by atoms with Crippen LogP contribution in [-0.2, 0) is 24.8 Å². The molecule has 0 bridgehead atoms. The van der Waals surface area contributed by atoms with E-state index in [9.17, 15) is 21.6 Å². The fraction of sp³-hybridized carbons (Fsp3) is 0.321. The number of carbonyl (C=O) groups excluding carboxylic acids is 1. The molecule has 0 saturated carbocycles. The first-order chi connectivity index (χ1) is 19.2. The van der Waals surface area contributed by atoms with Crippen molar-refractivity contribution in [2.75, 3.05) is 57.8 Å². The number of anilines is 1. The van der Waals surface area contributed by atoms with Crippen LogP contribution in [0.3, 0.4) is 0 Å². The van der Waals surface area contributed by atoms with Gasteiger partial charge in [0.05, 0.1) is 16.9 Å². The van der Waals surface area contributed by atoms with E-state index < -0.39 is 32.0 Å². The minimum absolute atomic E-state index is 0.0572. The van der Waals surface area contributed by atoms with E-state index >= 15 is 0 Å². The van der Waals surface area contributed by atoms with Crippen LogP contribution in [0.25, 0.3) is 0 Å². The van der Waals surface area contributed by atoms with Gasteiger partial charge in [0.25, 0.3) is 0 Å². The smallest absolute Gasteiger partial charge is 0.243 e. The first kappa shape index (κ1) is 28.1. The number of benzene rings is 3.